The predicted octanol–water partition coefficient (Wildman–Crippen LogP) is 4.56. The minimum Gasteiger partial charge on any atom is -0.494 e. The maximum absolute atomic E-state index is 10.7. The third-order valence-corrected chi connectivity index (χ3v) is 4.05. The van der Waals surface area contributed by atoms with E-state index in [1.807, 2.05) is 37.3 Å². The van der Waals surface area contributed by atoms with Gasteiger partial charge in [-0.15, -0.1) is 0 Å². The molecule has 0 saturated heterocycles. The zero-order valence-corrected chi connectivity index (χ0v) is 14.8. The van der Waals surface area contributed by atoms with E-state index in [9.17, 15) is 4.79 Å². The fourth-order valence-electron chi connectivity index (χ4n) is 2.97. The van der Waals surface area contributed by atoms with Crippen molar-refractivity contribution in [3.8, 4) is 11.5 Å². The summed E-state index contributed by atoms with van der Waals surface area (Å²) in [6, 6.07) is 13.2. The van der Waals surface area contributed by atoms with Gasteiger partial charge in [0.05, 0.1) is 12.1 Å². The van der Waals surface area contributed by atoms with Crippen LogP contribution in [0, 0.1) is 0 Å². The molecule has 2 aromatic rings. The van der Waals surface area contributed by atoms with Crippen LogP contribution in [-0.4, -0.2) is 25.0 Å². The molecule has 0 aliphatic carbocycles. The lowest BCUT2D eigenvalue weighted by atomic mass is 9.90. The minimum atomic E-state index is -0.153. The SMILES string of the molecule is CCOc1ccc2c(c1)C(COc1ccc(C=O)cc1)=CC(C)(C)N2. The van der Waals surface area contributed by atoms with Gasteiger partial charge in [0, 0.05) is 16.8 Å². The summed E-state index contributed by atoms with van der Waals surface area (Å²) in [5, 5.41) is 3.52. The predicted molar refractivity (Wildman–Crippen MR) is 101 cm³/mol. The molecule has 2 aromatic carbocycles. The molecule has 4 nitrogen and oxygen atoms in total. The van der Waals surface area contributed by atoms with Gasteiger partial charge in [-0.1, -0.05) is 6.08 Å². The largest absolute Gasteiger partial charge is 0.494 e. The molecule has 0 saturated carbocycles. The number of benzene rings is 2. The average molecular weight is 337 g/mol. The summed E-state index contributed by atoms with van der Waals surface area (Å²) in [6.07, 6.45) is 3.01. The van der Waals surface area contributed by atoms with Crippen LogP contribution in [0.5, 0.6) is 11.5 Å². The number of aldehydes is 1. The van der Waals surface area contributed by atoms with Crippen LogP contribution in [0.1, 0.15) is 36.7 Å². The third kappa shape index (κ3) is 4.02. The van der Waals surface area contributed by atoms with Gasteiger partial charge in [-0.3, -0.25) is 4.79 Å². The molecule has 0 radical (unpaired) electrons. The Hall–Kier alpha value is -2.75. The highest BCUT2D eigenvalue weighted by molar-refractivity contribution is 5.82. The lowest BCUT2D eigenvalue weighted by molar-refractivity contribution is 0.112. The van der Waals surface area contributed by atoms with Gasteiger partial charge in [0.1, 0.15) is 24.4 Å². The average Bonchev–Trinajstić information content (AvgIpc) is 2.60. The molecule has 1 heterocycles. The van der Waals surface area contributed by atoms with Gasteiger partial charge < -0.3 is 14.8 Å². The molecule has 0 unspecified atom stereocenters. The molecule has 130 valence electrons. The van der Waals surface area contributed by atoms with Crippen molar-refractivity contribution in [2.45, 2.75) is 26.3 Å². The van der Waals surface area contributed by atoms with Crippen LogP contribution < -0.4 is 14.8 Å². The highest BCUT2D eigenvalue weighted by Crippen LogP contribution is 2.36. The second kappa shape index (κ2) is 7.01. The summed E-state index contributed by atoms with van der Waals surface area (Å²) in [5.41, 5.74) is 3.77. The minimum absolute atomic E-state index is 0.153. The van der Waals surface area contributed by atoms with Gasteiger partial charge in [0.25, 0.3) is 0 Å². The van der Waals surface area contributed by atoms with Crippen molar-refractivity contribution in [2.75, 3.05) is 18.5 Å². The molecular formula is C21H23NO3. The summed E-state index contributed by atoms with van der Waals surface area (Å²) in [4.78, 5) is 10.7. The third-order valence-electron chi connectivity index (χ3n) is 4.05. The number of fused-ring (bicyclic) bond motifs is 1. The Labute approximate surface area is 148 Å². The molecule has 1 aliphatic rings. The van der Waals surface area contributed by atoms with Crippen molar-refractivity contribution >= 4 is 17.5 Å². The first kappa shape index (κ1) is 17.1. The van der Waals surface area contributed by atoms with E-state index in [-0.39, 0.29) is 5.54 Å². The second-order valence-corrected chi connectivity index (χ2v) is 6.63. The molecule has 0 fully saturated rings. The summed E-state index contributed by atoms with van der Waals surface area (Å²) in [6.45, 7) is 7.32. The van der Waals surface area contributed by atoms with Gasteiger partial charge in [0.15, 0.2) is 0 Å². The molecule has 0 amide bonds. The number of hydrogen-bond donors (Lipinski definition) is 1. The van der Waals surface area contributed by atoms with E-state index in [0.717, 1.165) is 34.6 Å². The Morgan fingerprint density at radius 3 is 2.44 bits per heavy atom. The number of anilines is 1. The maximum Gasteiger partial charge on any atom is 0.150 e. The summed E-state index contributed by atoms with van der Waals surface area (Å²) < 4.78 is 11.6. The van der Waals surface area contributed by atoms with E-state index in [0.29, 0.717) is 18.8 Å². The normalized spacial score (nSPS) is 14.8. The second-order valence-electron chi connectivity index (χ2n) is 6.63. The fourth-order valence-corrected chi connectivity index (χ4v) is 2.97. The summed E-state index contributed by atoms with van der Waals surface area (Å²) >= 11 is 0. The van der Waals surface area contributed by atoms with Gasteiger partial charge in [0.2, 0.25) is 0 Å². The maximum atomic E-state index is 10.7. The Kier molecular flexibility index (Phi) is 4.79. The zero-order valence-electron chi connectivity index (χ0n) is 14.8. The van der Waals surface area contributed by atoms with Crippen LogP contribution in [0.2, 0.25) is 0 Å². The van der Waals surface area contributed by atoms with E-state index >= 15 is 0 Å². The molecule has 0 aromatic heterocycles. The Morgan fingerprint density at radius 2 is 1.76 bits per heavy atom. The van der Waals surface area contributed by atoms with Crippen LogP contribution >= 0.6 is 0 Å². The molecule has 0 atom stereocenters. The van der Waals surface area contributed by atoms with Crippen molar-refractivity contribution in [2.24, 2.45) is 0 Å². The van der Waals surface area contributed by atoms with Crippen molar-refractivity contribution < 1.29 is 14.3 Å². The highest BCUT2D eigenvalue weighted by atomic mass is 16.5. The Balaban J connectivity index is 1.84. The first-order chi connectivity index (χ1) is 12.0. The van der Waals surface area contributed by atoms with Gasteiger partial charge >= 0.3 is 0 Å². The Bertz CT molecular complexity index is 791. The molecule has 1 N–H and O–H groups in total. The number of carbonyl (C=O) groups is 1. The van der Waals surface area contributed by atoms with E-state index < -0.39 is 0 Å². The topological polar surface area (TPSA) is 47.6 Å². The van der Waals surface area contributed by atoms with E-state index in [2.05, 4.69) is 25.2 Å². The molecule has 25 heavy (non-hydrogen) atoms. The molecular weight excluding hydrogens is 314 g/mol. The lowest BCUT2D eigenvalue weighted by Gasteiger charge is -2.32. The highest BCUT2D eigenvalue weighted by Gasteiger charge is 2.25. The van der Waals surface area contributed by atoms with Crippen LogP contribution in [0.25, 0.3) is 5.57 Å². The smallest absolute Gasteiger partial charge is 0.150 e. The van der Waals surface area contributed by atoms with Gasteiger partial charge in [-0.2, -0.15) is 0 Å². The Morgan fingerprint density at radius 1 is 1.04 bits per heavy atom. The number of ether oxygens (including phenoxy) is 2. The monoisotopic (exact) mass is 337 g/mol. The van der Waals surface area contributed by atoms with Crippen LogP contribution in [0.15, 0.2) is 48.5 Å². The van der Waals surface area contributed by atoms with E-state index in [4.69, 9.17) is 9.47 Å². The van der Waals surface area contributed by atoms with E-state index in [1.54, 1.807) is 12.1 Å². The molecule has 4 heteroatoms. The summed E-state index contributed by atoms with van der Waals surface area (Å²) in [7, 11) is 0. The van der Waals surface area contributed by atoms with Crippen LogP contribution in [0.3, 0.4) is 0 Å². The van der Waals surface area contributed by atoms with Crippen molar-refractivity contribution in [3.63, 3.8) is 0 Å². The number of hydrogen-bond acceptors (Lipinski definition) is 4. The number of nitrogens with one attached hydrogen (secondary N) is 1. The number of rotatable bonds is 6. The fraction of sp³-hybridized carbons (Fsp3) is 0.286. The standard InChI is InChI=1S/C21H23NO3/c1-4-24-18-9-10-20-19(11-18)16(12-21(2,3)22-20)14-25-17-7-5-15(13-23)6-8-17/h5-13,22H,4,14H2,1-3H3. The number of carbonyl (C=O) groups excluding carboxylic acids is 1. The quantitative estimate of drug-likeness (QED) is 0.785. The molecule has 1 aliphatic heterocycles. The van der Waals surface area contributed by atoms with Gasteiger partial charge in [-0.25, -0.2) is 0 Å². The molecule has 0 bridgehead atoms. The van der Waals surface area contributed by atoms with E-state index in [1.165, 1.54) is 0 Å². The molecule has 0 spiro atoms. The van der Waals surface area contributed by atoms with Crippen LogP contribution in [-0.2, 0) is 0 Å². The molecule has 3 rings (SSSR count). The van der Waals surface area contributed by atoms with Crippen LogP contribution in [0.4, 0.5) is 5.69 Å². The first-order valence-corrected chi connectivity index (χ1v) is 8.46. The lowest BCUT2D eigenvalue weighted by Crippen LogP contribution is -2.32. The van der Waals surface area contributed by atoms with Crippen molar-refractivity contribution in [1.29, 1.82) is 0 Å². The first-order valence-electron chi connectivity index (χ1n) is 8.46. The van der Waals surface area contributed by atoms with Gasteiger partial charge in [-0.05, 0) is 68.8 Å². The van der Waals surface area contributed by atoms with Crippen molar-refractivity contribution in [3.05, 3.63) is 59.7 Å². The van der Waals surface area contributed by atoms with Crippen molar-refractivity contribution in [1.82, 2.24) is 0 Å². The summed E-state index contributed by atoms with van der Waals surface area (Å²) in [5.74, 6) is 1.59. The zero-order chi connectivity index (χ0) is 17.9.